The fourth-order valence-corrected chi connectivity index (χ4v) is 5.21. The first-order chi connectivity index (χ1) is 14.8. The van der Waals surface area contributed by atoms with Crippen LogP contribution >= 0.6 is 23.2 Å². The summed E-state index contributed by atoms with van der Waals surface area (Å²) in [4.78, 5) is 30.8. The number of rotatable bonds is 6. The van der Waals surface area contributed by atoms with E-state index >= 15 is 0 Å². The van der Waals surface area contributed by atoms with E-state index in [0.717, 1.165) is 24.9 Å². The number of ketones is 1. The summed E-state index contributed by atoms with van der Waals surface area (Å²) in [6.07, 6.45) is 2.65. The van der Waals surface area contributed by atoms with Gasteiger partial charge in [0.1, 0.15) is 6.10 Å². The normalized spacial score (nSPS) is 28.1. The molecule has 4 rings (SSSR count). The van der Waals surface area contributed by atoms with Crippen LogP contribution in [0.3, 0.4) is 0 Å². The Labute approximate surface area is 193 Å². The molecule has 0 spiro atoms. The highest BCUT2D eigenvalue weighted by Crippen LogP contribution is 2.47. The molecule has 0 N–H and O–H groups in total. The van der Waals surface area contributed by atoms with Gasteiger partial charge in [0.05, 0.1) is 33.7 Å². The third-order valence-corrected chi connectivity index (χ3v) is 7.24. The summed E-state index contributed by atoms with van der Waals surface area (Å²) in [5.74, 6) is -0.259. The summed E-state index contributed by atoms with van der Waals surface area (Å²) in [5.41, 5.74) is 1.24. The minimum atomic E-state index is -0.506. The van der Waals surface area contributed by atoms with E-state index in [0.29, 0.717) is 35.0 Å². The van der Waals surface area contributed by atoms with E-state index in [9.17, 15) is 9.59 Å². The average molecular weight is 467 g/mol. The van der Waals surface area contributed by atoms with Crippen molar-refractivity contribution in [2.24, 2.45) is 5.92 Å². The van der Waals surface area contributed by atoms with E-state index < -0.39 is 6.04 Å². The van der Waals surface area contributed by atoms with Crippen LogP contribution in [0.15, 0.2) is 29.5 Å². The maximum atomic E-state index is 13.6. The van der Waals surface area contributed by atoms with Crippen LogP contribution in [0, 0.1) is 5.92 Å². The van der Waals surface area contributed by atoms with Crippen LogP contribution in [0.25, 0.3) is 0 Å². The Hall–Kier alpha value is -1.60. The molecule has 1 aromatic carbocycles. The van der Waals surface area contributed by atoms with Gasteiger partial charge in [0.2, 0.25) is 0 Å². The number of hydrogen-bond donors (Lipinski definition) is 0. The molecule has 2 aliphatic heterocycles. The van der Waals surface area contributed by atoms with Gasteiger partial charge >= 0.3 is 0 Å². The summed E-state index contributed by atoms with van der Waals surface area (Å²) in [5, 5.41) is 0.837. The van der Waals surface area contributed by atoms with Gasteiger partial charge in [-0.05, 0) is 57.6 Å². The van der Waals surface area contributed by atoms with E-state index in [1.165, 1.54) is 0 Å². The number of nitrogens with zero attached hydrogens (tertiary/aromatic N) is 2. The predicted octanol–water partition coefficient (Wildman–Crippen LogP) is 3.87. The maximum Gasteiger partial charge on any atom is 0.290 e. The molecule has 0 radical (unpaired) electrons. The standard InChI is InChI=1S/C23H28Cl2N2O4/c1-26(2)9-4-10-27-20(13-5-8-16(24)17(25)11-13)19-21(28)15-7-6-14(30-3)12-18(15)31-22(19)23(27)29/h5,8,11,14-15,18,20H,4,6-7,9-10,12H2,1-3H3. The van der Waals surface area contributed by atoms with Crippen molar-refractivity contribution in [2.45, 2.75) is 43.9 Å². The highest BCUT2D eigenvalue weighted by molar-refractivity contribution is 6.42. The topological polar surface area (TPSA) is 59.1 Å². The van der Waals surface area contributed by atoms with Gasteiger partial charge in [-0.1, -0.05) is 29.3 Å². The van der Waals surface area contributed by atoms with Gasteiger partial charge in [-0.25, -0.2) is 0 Å². The Morgan fingerprint density at radius 2 is 1.97 bits per heavy atom. The molecule has 4 atom stereocenters. The van der Waals surface area contributed by atoms with E-state index in [4.69, 9.17) is 32.7 Å². The zero-order chi connectivity index (χ0) is 22.3. The van der Waals surface area contributed by atoms with Crippen LogP contribution in [0.1, 0.15) is 37.3 Å². The molecule has 0 saturated heterocycles. The molecule has 1 amide bonds. The highest BCUT2D eigenvalue weighted by atomic mass is 35.5. The molecule has 1 fully saturated rings. The van der Waals surface area contributed by atoms with E-state index in [2.05, 4.69) is 4.90 Å². The Kier molecular flexibility index (Phi) is 6.63. The molecule has 168 valence electrons. The van der Waals surface area contributed by atoms with Crippen LogP contribution in [0.2, 0.25) is 10.0 Å². The Bertz CT molecular complexity index is 917. The number of carbonyl (C=O) groups excluding carboxylic acids is 2. The maximum absolute atomic E-state index is 13.6. The van der Waals surface area contributed by atoms with Crippen LogP contribution in [-0.2, 0) is 19.1 Å². The molecule has 8 heteroatoms. The average Bonchev–Trinajstić information content (AvgIpc) is 3.02. The third-order valence-electron chi connectivity index (χ3n) is 6.50. The summed E-state index contributed by atoms with van der Waals surface area (Å²) in [7, 11) is 5.66. The lowest BCUT2D eigenvalue weighted by atomic mass is 9.76. The minimum absolute atomic E-state index is 0.0142. The van der Waals surface area contributed by atoms with Crippen molar-refractivity contribution in [3.63, 3.8) is 0 Å². The van der Waals surface area contributed by atoms with Crippen molar-refractivity contribution in [3.8, 4) is 0 Å². The monoisotopic (exact) mass is 466 g/mol. The number of amides is 1. The van der Waals surface area contributed by atoms with Crippen LogP contribution in [0.4, 0.5) is 0 Å². The number of Topliss-reactive ketones (excluding diaryl/α,β-unsaturated/α-hetero) is 1. The fourth-order valence-electron chi connectivity index (χ4n) is 4.91. The number of benzene rings is 1. The van der Waals surface area contributed by atoms with Gasteiger partial charge in [0.25, 0.3) is 5.91 Å². The zero-order valence-electron chi connectivity index (χ0n) is 18.1. The smallest absolute Gasteiger partial charge is 0.290 e. The number of carbonyl (C=O) groups is 2. The Morgan fingerprint density at radius 1 is 1.19 bits per heavy atom. The van der Waals surface area contributed by atoms with Crippen LogP contribution in [-0.4, -0.2) is 68.0 Å². The molecular formula is C23H28Cl2N2O4. The molecule has 31 heavy (non-hydrogen) atoms. The lowest BCUT2D eigenvalue weighted by molar-refractivity contribution is -0.138. The second-order valence-corrected chi connectivity index (χ2v) is 9.59. The first kappa shape index (κ1) is 22.6. The Morgan fingerprint density at radius 3 is 2.65 bits per heavy atom. The fraction of sp³-hybridized carbons (Fsp3) is 0.565. The molecule has 6 nitrogen and oxygen atoms in total. The van der Waals surface area contributed by atoms with Gasteiger partial charge in [-0.3, -0.25) is 9.59 Å². The van der Waals surface area contributed by atoms with Crippen molar-refractivity contribution in [1.29, 1.82) is 0 Å². The second kappa shape index (κ2) is 9.10. The van der Waals surface area contributed by atoms with Crippen molar-refractivity contribution in [1.82, 2.24) is 9.80 Å². The lowest BCUT2D eigenvalue weighted by Crippen LogP contribution is -2.43. The molecule has 0 aromatic heterocycles. The predicted molar refractivity (Wildman–Crippen MR) is 119 cm³/mol. The number of halogens is 2. The summed E-state index contributed by atoms with van der Waals surface area (Å²) in [6.45, 7) is 1.35. The molecule has 3 aliphatic rings. The number of ether oxygens (including phenoxy) is 2. The first-order valence-corrected chi connectivity index (χ1v) is 11.5. The number of methoxy groups -OCH3 is 1. The highest BCUT2D eigenvalue weighted by Gasteiger charge is 2.52. The quantitative estimate of drug-likeness (QED) is 0.636. The zero-order valence-corrected chi connectivity index (χ0v) is 19.6. The van der Waals surface area contributed by atoms with Gasteiger partial charge in [0, 0.05) is 20.1 Å². The first-order valence-electron chi connectivity index (χ1n) is 10.7. The molecule has 0 bridgehead atoms. The molecule has 1 aliphatic carbocycles. The van der Waals surface area contributed by atoms with Crippen molar-refractivity contribution in [3.05, 3.63) is 45.1 Å². The van der Waals surface area contributed by atoms with Gasteiger partial charge in [-0.15, -0.1) is 0 Å². The minimum Gasteiger partial charge on any atom is -0.483 e. The number of fused-ring (bicyclic) bond motifs is 1. The third kappa shape index (κ3) is 4.23. The molecular weight excluding hydrogens is 439 g/mol. The summed E-state index contributed by atoms with van der Waals surface area (Å²) in [6, 6.07) is 4.79. The molecule has 1 saturated carbocycles. The van der Waals surface area contributed by atoms with Crippen LogP contribution in [0.5, 0.6) is 0 Å². The van der Waals surface area contributed by atoms with Gasteiger partial charge < -0.3 is 19.3 Å². The van der Waals surface area contributed by atoms with E-state index in [1.54, 1.807) is 24.1 Å². The Balaban J connectivity index is 1.71. The number of hydrogen-bond acceptors (Lipinski definition) is 5. The SMILES string of the molecule is COC1CCC2C(=O)C3=C(OC2C1)C(=O)N(CCCN(C)C)C3c1ccc(Cl)c(Cl)c1. The van der Waals surface area contributed by atoms with E-state index in [1.807, 2.05) is 20.2 Å². The molecule has 1 aromatic rings. The second-order valence-electron chi connectivity index (χ2n) is 8.77. The van der Waals surface area contributed by atoms with Crippen LogP contribution < -0.4 is 0 Å². The molecule has 4 unspecified atom stereocenters. The van der Waals surface area contributed by atoms with Crippen molar-refractivity contribution >= 4 is 34.9 Å². The van der Waals surface area contributed by atoms with Crippen molar-refractivity contribution in [2.75, 3.05) is 34.3 Å². The van der Waals surface area contributed by atoms with Gasteiger partial charge in [0.15, 0.2) is 11.5 Å². The summed E-state index contributed by atoms with van der Waals surface area (Å²) < 4.78 is 11.7. The largest absolute Gasteiger partial charge is 0.483 e. The lowest BCUT2D eigenvalue weighted by Gasteiger charge is -2.38. The molecule has 2 heterocycles. The van der Waals surface area contributed by atoms with E-state index in [-0.39, 0.29) is 35.6 Å². The van der Waals surface area contributed by atoms with Gasteiger partial charge in [-0.2, -0.15) is 0 Å². The van der Waals surface area contributed by atoms with Crippen molar-refractivity contribution < 1.29 is 19.1 Å². The summed E-state index contributed by atoms with van der Waals surface area (Å²) >= 11 is 12.4.